The highest BCUT2D eigenvalue weighted by Gasteiger charge is 2.26. The van der Waals surface area contributed by atoms with Gasteiger partial charge in [0.2, 0.25) is 0 Å². The molecule has 168 valence electrons. The fourth-order valence-corrected chi connectivity index (χ4v) is 4.00. The average molecular weight is 469 g/mol. The van der Waals surface area contributed by atoms with Gasteiger partial charge in [-0.15, -0.1) is 0 Å². The number of hydrogen-bond acceptors (Lipinski definition) is 6. The van der Waals surface area contributed by atoms with Gasteiger partial charge >= 0.3 is 5.97 Å². The molecular weight excluding hydrogens is 444 g/mol. The zero-order valence-corrected chi connectivity index (χ0v) is 19.3. The van der Waals surface area contributed by atoms with Gasteiger partial charge in [0.05, 0.1) is 28.3 Å². The molecule has 1 amide bonds. The maximum Gasteiger partial charge on any atom is 0.340 e. The summed E-state index contributed by atoms with van der Waals surface area (Å²) in [6.07, 6.45) is 0. The largest absolute Gasteiger partial charge is 0.495 e. The predicted octanol–water partition coefficient (Wildman–Crippen LogP) is 3.10. The Kier molecular flexibility index (Phi) is 8.29. The summed E-state index contributed by atoms with van der Waals surface area (Å²) in [4.78, 5) is 24.0. The van der Waals surface area contributed by atoms with E-state index in [0.29, 0.717) is 18.0 Å². The lowest BCUT2D eigenvalue weighted by atomic mass is 10.2. The molecule has 0 radical (unpaired) electrons. The van der Waals surface area contributed by atoms with Crippen LogP contribution >= 0.6 is 11.6 Å². The van der Waals surface area contributed by atoms with Crippen LogP contribution in [0, 0.1) is 5.92 Å². The number of methoxy groups -OCH3 is 1. The van der Waals surface area contributed by atoms with Crippen molar-refractivity contribution in [3.05, 3.63) is 53.1 Å². The summed E-state index contributed by atoms with van der Waals surface area (Å²) in [7, 11) is -1.23. The van der Waals surface area contributed by atoms with Crippen molar-refractivity contribution in [2.45, 2.75) is 18.7 Å². The molecule has 1 N–H and O–H groups in total. The van der Waals surface area contributed by atoms with Crippen LogP contribution in [0.4, 0.5) is 5.69 Å². The van der Waals surface area contributed by atoms with Crippen LogP contribution in [0.1, 0.15) is 24.2 Å². The Morgan fingerprint density at radius 1 is 1.16 bits per heavy atom. The van der Waals surface area contributed by atoms with Gasteiger partial charge in [-0.2, -0.15) is 0 Å². The third kappa shape index (κ3) is 6.11. The number of ether oxygens (including phenoxy) is 2. The molecule has 2 aromatic carbocycles. The lowest BCUT2D eigenvalue weighted by molar-refractivity contribution is -0.124. The number of benzene rings is 2. The summed E-state index contributed by atoms with van der Waals surface area (Å²) in [5, 5.41) is 2.63. The number of hydrogen-bond donors (Lipinski definition) is 1. The van der Waals surface area contributed by atoms with E-state index in [9.17, 15) is 18.0 Å². The first-order valence-electron chi connectivity index (χ1n) is 9.43. The van der Waals surface area contributed by atoms with Gasteiger partial charge in [-0.25, -0.2) is 13.2 Å². The first kappa shape index (κ1) is 24.5. The molecule has 0 spiro atoms. The van der Waals surface area contributed by atoms with E-state index in [4.69, 9.17) is 21.1 Å². The Labute approximate surface area is 187 Å². The lowest BCUT2D eigenvalue weighted by Crippen LogP contribution is -2.31. The van der Waals surface area contributed by atoms with Gasteiger partial charge in [-0.3, -0.25) is 9.10 Å². The topological polar surface area (TPSA) is 102 Å². The molecule has 2 aromatic rings. The van der Waals surface area contributed by atoms with Crippen LogP contribution in [-0.2, 0) is 19.6 Å². The Morgan fingerprint density at radius 2 is 1.84 bits per heavy atom. The zero-order chi connectivity index (χ0) is 23.2. The number of anilines is 1. The minimum Gasteiger partial charge on any atom is -0.495 e. The van der Waals surface area contributed by atoms with Crippen LogP contribution in [0.5, 0.6) is 5.75 Å². The molecule has 0 bridgehead atoms. The number of rotatable bonds is 9. The molecule has 2 rings (SSSR count). The Bertz CT molecular complexity index is 1060. The molecule has 0 aromatic heterocycles. The van der Waals surface area contributed by atoms with Crippen LogP contribution in [0.15, 0.2) is 47.4 Å². The molecule has 0 aliphatic heterocycles. The van der Waals surface area contributed by atoms with E-state index in [2.05, 4.69) is 5.32 Å². The van der Waals surface area contributed by atoms with E-state index in [1.165, 1.54) is 26.3 Å². The quantitative estimate of drug-likeness (QED) is 0.567. The molecule has 0 atom stereocenters. The molecule has 31 heavy (non-hydrogen) atoms. The first-order valence-corrected chi connectivity index (χ1v) is 11.2. The number of carbonyl (C=O) groups excluding carboxylic acids is 2. The van der Waals surface area contributed by atoms with Crippen molar-refractivity contribution in [3.63, 3.8) is 0 Å². The standard InChI is InChI=1S/C21H25ClN2O6S/c1-14(2)12-23-20(25)13-30-21(26)16-11-15(9-10-17(16)22)31(27,28)24(3)18-7-5-6-8-19(18)29-4/h5-11,14H,12-13H2,1-4H3,(H,23,25). The molecule has 0 saturated heterocycles. The minimum absolute atomic E-state index is 0.00600. The van der Waals surface area contributed by atoms with E-state index >= 15 is 0 Å². The van der Waals surface area contributed by atoms with Gasteiger partial charge < -0.3 is 14.8 Å². The zero-order valence-electron chi connectivity index (χ0n) is 17.7. The van der Waals surface area contributed by atoms with Crippen LogP contribution in [0.2, 0.25) is 5.02 Å². The van der Waals surface area contributed by atoms with E-state index < -0.39 is 28.5 Å². The molecule has 0 fully saturated rings. The SMILES string of the molecule is COc1ccccc1N(C)S(=O)(=O)c1ccc(Cl)c(C(=O)OCC(=O)NCC(C)C)c1. The summed E-state index contributed by atoms with van der Waals surface area (Å²) in [5.41, 5.74) is 0.165. The lowest BCUT2D eigenvalue weighted by Gasteiger charge is -2.22. The third-order valence-corrected chi connectivity index (χ3v) is 6.38. The minimum atomic E-state index is -4.04. The fraction of sp³-hybridized carbons (Fsp3) is 0.333. The van der Waals surface area contributed by atoms with Gasteiger partial charge in [0, 0.05) is 13.6 Å². The van der Waals surface area contributed by atoms with E-state index in [1.54, 1.807) is 24.3 Å². The maximum atomic E-state index is 13.1. The average Bonchev–Trinajstić information content (AvgIpc) is 2.75. The second-order valence-corrected chi connectivity index (χ2v) is 9.44. The number of nitrogens with one attached hydrogen (secondary N) is 1. The number of halogens is 1. The van der Waals surface area contributed by atoms with Gasteiger partial charge in [0.15, 0.2) is 6.61 Å². The van der Waals surface area contributed by atoms with Gasteiger partial charge in [-0.05, 0) is 36.2 Å². The van der Waals surface area contributed by atoms with Crippen molar-refractivity contribution >= 4 is 39.2 Å². The normalized spacial score (nSPS) is 11.2. The number of amides is 1. The smallest absolute Gasteiger partial charge is 0.340 e. The van der Waals surface area contributed by atoms with Crippen molar-refractivity contribution in [2.24, 2.45) is 5.92 Å². The highest BCUT2D eigenvalue weighted by molar-refractivity contribution is 7.92. The molecule has 8 nitrogen and oxygen atoms in total. The van der Waals surface area contributed by atoms with Crippen molar-refractivity contribution < 1.29 is 27.5 Å². The highest BCUT2D eigenvalue weighted by Crippen LogP contribution is 2.32. The Balaban J connectivity index is 2.24. The maximum absolute atomic E-state index is 13.1. The van der Waals surface area contributed by atoms with Crippen molar-refractivity contribution in [3.8, 4) is 5.75 Å². The van der Waals surface area contributed by atoms with Crippen molar-refractivity contribution in [1.29, 1.82) is 0 Å². The van der Waals surface area contributed by atoms with Gasteiger partial charge in [0.25, 0.3) is 15.9 Å². The Hall–Kier alpha value is -2.78. The summed E-state index contributed by atoms with van der Waals surface area (Å²) in [5.74, 6) is -0.745. The molecule has 0 heterocycles. The second-order valence-electron chi connectivity index (χ2n) is 7.06. The van der Waals surface area contributed by atoms with Crippen LogP contribution in [0.25, 0.3) is 0 Å². The number of sulfonamides is 1. The number of nitrogens with zero attached hydrogens (tertiary/aromatic N) is 1. The van der Waals surface area contributed by atoms with Crippen LogP contribution < -0.4 is 14.4 Å². The van der Waals surface area contributed by atoms with Gasteiger partial charge in [-0.1, -0.05) is 37.6 Å². The van der Waals surface area contributed by atoms with E-state index in [0.717, 1.165) is 10.4 Å². The number of esters is 1. The number of carbonyl (C=O) groups is 2. The Morgan fingerprint density at radius 3 is 2.48 bits per heavy atom. The molecule has 0 aliphatic rings. The summed E-state index contributed by atoms with van der Waals surface area (Å²) in [6, 6.07) is 10.3. The summed E-state index contributed by atoms with van der Waals surface area (Å²) >= 11 is 6.07. The van der Waals surface area contributed by atoms with E-state index in [1.807, 2.05) is 13.8 Å². The van der Waals surface area contributed by atoms with Gasteiger partial charge in [0.1, 0.15) is 5.75 Å². The summed E-state index contributed by atoms with van der Waals surface area (Å²) in [6.45, 7) is 3.81. The predicted molar refractivity (Wildman–Crippen MR) is 118 cm³/mol. The highest BCUT2D eigenvalue weighted by atomic mass is 35.5. The monoisotopic (exact) mass is 468 g/mol. The molecular formula is C21H25ClN2O6S. The van der Waals surface area contributed by atoms with Crippen LogP contribution in [0.3, 0.4) is 0 Å². The molecule has 0 saturated carbocycles. The second kappa shape index (κ2) is 10.5. The fourth-order valence-electron chi connectivity index (χ4n) is 2.58. The van der Waals surface area contributed by atoms with Crippen molar-refractivity contribution in [2.75, 3.05) is 31.6 Å². The van der Waals surface area contributed by atoms with E-state index in [-0.39, 0.29) is 21.4 Å². The molecule has 10 heteroatoms. The molecule has 0 unspecified atom stereocenters. The molecule has 0 aliphatic carbocycles. The first-order chi connectivity index (χ1) is 14.6. The van der Waals surface area contributed by atoms with Crippen molar-refractivity contribution in [1.82, 2.24) is 5.32 Å². The number of para-hydroxylation sites is 2. The van der Waals surface area contributed by atoms with Crippen LogP contribution in [-0.4, -0.2) is 47.6 Å². The summed E-state index contributed by atoms with van der Waals surface area (Å²) < 4.78 is 37.5. The third-order valence-electron chi connectivity index (χ3n) is 4.28.